The number of aromatic nitrogens is 1. The lowest BCUT2D eigenvalue weighted by atomic mass is 10.2. The molecule has 1 aromatic heterocycles. The zero-order chi connectivity index (χ0) is 12.3. The third-order valence-corrected chi connectivity index (χ3v) is 4.13. The lowest BCUT2D eigenvalue weighted by Gasteiger charge is -2.32. The van der Waals surface area contributed by atoms with Gasteiger partial charge in [0.15, 0.2) is 0 Å². The van der Waals surface area contributed by atoms with E-state index in [1.807, 2.05) is 11.0 Å². The molecule has 1 saturated heterocycles. The summed E-state index contributed by atoms with van der Waals surface area (Å²) in [7, 11) is 0. The molecule has 2 rings (SSSR count). The Morgan fingerprint density at radius 3 is 3.18 bits per heavy atom. The molecule has 92 valence electrons. The Bertz CT molecular complexity index is 416. The molecule has 0 amide bonds. The van der Waals surface area contributed by atoms with Gasteiger partial charge in [0.1, 0.15) is 6.04 Å². The monoisotopic (exact) mass is 316 g/mol. The van der Waals surface area contributed by atoms with Crippen molar-refractivity contribution in [1.29, 1.82) is 0 Å². The summed E-state index contributed by atoms with van der Waals surface area (Å²) in [6.45, 7) is 1.46. The molecule has 0 aliphatic carbocycles. The fraction of sp³-hybridized carbons (Fsp3) is 0.455. The summed E-state index contributed by atoms with van der Waals surface area (Å²) in [6, 6.07) is 1.60. The second kappa shape index (κ2) is 5.84. The number of carboxylic acid groups (broad SMARTS) is 1. The normalized spacial score (nSPS) is 21.4. The van der Waals surface area contributed by atoms with Crippen molar-refractivity contribution in [3.8, 4) is 0 Å². The molecule has 17 heavy (non-hydrogen) atoms. The Kier molecular flexibility index (Phi) is 4.42. The molecule has 0 saturated carbocycles. The van der Waals surface area contributed by atoms with Crippen LogP contribution in [0.15, 0.2) is 22.9 Å². The maximum Gasteiger partial charge on any atom is 0.321 e. The van der Waals surface area contributed by atoms with Crippen molar-refractivity contribution in [1.82, 2.24) is 9.88 Å². The highest BCUT2D eigenvalue weighted by Gasteiger charge is 2.28. The number of aliphatic carboxylic acids is 1. The van der Waals surface area contributed by atoms with E-state index in [-0.39, 0.29) is 6.04 Å². The maximum absolute atomic E-state index is 11.1. The van der Waals surface area contributed by atoms with Gasteiger partial charge >= 0.3 is 5.97 Å². The molecule has 1 fully saturated rings. The lowest BCUT2D eigenvalue weighted by molar-refractivity contribution is -0.142. The van der Waals surface area contributed by atoms with Gasteiger partial charge in [0.2, 0.25) is 0 Å². The maximum atomic E-state index is 11.1. The van der Waals surface area contributed by atoms with E-state index >= 15 is 0 Å². The molecule has 2 heterocycles. The van der Waals surface area contributed by atoms with Crippen molar-refractivity contribution in [3.05, 3.63) is 28.5 Å². The van der Waals surface area contributed by atoms with E-state index in [0.717, 1.165) is 22.3 Å². The summed E-state index contributed by atoms with van der Waals surface area (Å²) >= 11 is 5.07. The molecule has 0 spiro atoms. The van der Waals surface area contributed by atoms with Crippen LogP contribution in [0, 0.1) is 0 Å². The first-order valence-corrected chi connectivity index (χ1v) is 7.25. The predicted octanol–water partition coefficient (Wildman–Crippen LogP) is 1.85. The number of hydrogen-bond donors (Lipinski definition) is 1. The number of carbonyl (C=O) groups is 1. The zero-order valence-corrected chi connectivity index (χ0v) is 11.6. The first-order valence-electron chi connectivity index (χ1n) is 5.31. The Hall–Kier alpha value is -0.590. The average Bonchev–Trinajstić information content (AvgIpc) is 2.29. The molecule has 4 nitrogen and oxygen atoms in total. The van der Waals surface area contributed by atoms with E-state index in [0.29, 0.717) is 12.3 Å². The van der Waals surface area contributed by atoms with Crippen LogP contribution < -0.4 is 0 Å². The predicted molar refractivity (Wildman–Crippen MR) is 71.1 cm³/mol. The van der Waals surface area contributed by atoms with E-state index in [1.165, 1.54) is 0 Å². The van der Waals surface area contributed by atoms with Crippen molar-refractivity contribution in [2.75, 3.05) is 18.1 Å². The Morgan fingerprint density at radius 1 is 1.65 bits per heavy atom. The van der Waals surface area contributed by atoms with E-state index in [2.05, 4.69) is 20.9 Å². The highest BCUT2D eigenvalue weighted by molar-refractivity contribution is 9.10. The highest BCUT2D eigenvalue weighted by atomic mass is 79.9. The van der Waals surface area contributed by atoms with Gasteiger partial charge in [-0.2, -0.15) is 11.8 Å². The van der Waals surface area contributed by atoms with Crippen LogP contribution in [0.3, 0.4) is 0 Å². The number of hydrogen-bond acceptors (Lipinski definition) is 4. The number of rotatable bonds is 3. The van der Waals surface area contributed by atoms with E-state index in [4.69, 9.17) is 5.11 Å². The van der Waals surface area contributed by atoms with Gasteiger partial charge < -0.3 is 5.11 Å². The summed E-state index contributed by atoms with van der Waals surface area (Å²) in [5, 5.41) is 9.16. The van der Waals surface area contributed by atoms with Gasteiger partial charge in [-0.1, -0.05) is 0 Å². The summed E-state index contributed by atoms with van der Waals surface area (Å²) in [5.41, 5.74) is 1.04. The first kappa shape index (κ1) is 12.9. The van der Waals surface area contributed by atoms with Gasteiger partial charge in [0.05, 0.1) is 0 Å². The standard InChI is InChI=1S/C11H13BrN2O2S/c12-9-3-8(4-13-5-9)6-14-1-2-17-7-10(14)11(15)16/h3-5,10H,1-2,6-7H2,(H,15,16). The van der Waals surface area contributed by atoms with Crippen molar-refractivity contribution in [2.45, 2.75) is 12.6 Å². The van der Waals surface area contributed by atoms with E-state index < -0.39 is 5.97 Å². The van der Waals surface area contributed by atoms with Crippen LogP contribution in [0.1, 0.15) is 5.56 Å². The van der Waals surface area contributed by atoms with Crippen LogP contribution in [0.4, 0.5) is 0 Å². The summed E-state index contributed by atoms with van der Waals surface area (Å²) in [5.74, 6) is 0.919. The molecule has 6 heteroatoms. The lowest BCUT2D eigenvalue weighted by Crippen LogP contribution is -2.46. The van der Waals surface area contributed by atoms with Gasteiger partial charge in [-0.15, -0.1) is 0 Å². The molecule has 1 aliphatic rings. The molecule has 1 aromatic rings. The number of pyridine rings is 1. The summed E-state index contributed by atoms with van der Waals surface area (Å²) in [4.78, 5) is 17.2. The minimum absolute atomic E-state index is 0.382. The third-order valence-electron chi connectivity index (χ3n) is 2.67. The summed E-state index contributed by atoms with van der Waals surface area (Å²) < 4.78 is 0.924. The van der Waals surface area contributed by atoms with Crippen LogP contribution >= 0.6 is 27.7 Å². The minimum atomic E-state index is -0.736. The van der Waals surface area contributed by atoms with Gasteiger partial charge in [-0.05, 0) is 27.6 Å². The van der Waals surface area contributed by atoms with E-state index in [9.17, 15) is 4.79 Å². The van der Waals surface area contributed by atoms with Crippen LogP contribution in [0.2, 0.25) is 0 Å². The van der Waals surface area contributed by atoms with Gasteiger partial charge in [0.25, 0.3) is 0 Å². The first-order chi connectivity index (χ1) is 8.16. The molecule has 0 radical (unpaired) electrons. The number of thioether (sulfide) groups is 1. The van der Waals surface area contributed by atoms with Crippen LogP contribution in [-0.4, -0.2) is 45.1 Å². The Morgan fingerprint density at radius 2 is 2.47 bits per heavy atom. The number of halogens is 1. The molecule has 1 unspecified atom stereocenters. The van der Waals surface area contributed by atoms with Crippen molar-refractivity contribution < 1.29 is 9.90 Å². The fourth-order valence-corrected chi connectivity index (χ4v) is 3.35. The Balaban J connectivity index is 2.08. The fourth-order valence-electron chi connectivity index (χ4n) is 1.83. The second-order valence-corrected chi connectivity index (χ2v) is 5.98. The smallest absolute Gasteiger partial charge is 0.321 e. The zero-order valence-electron chi connectivity index (χ0n) is 9.17. The molecular weight excluding hydrogens is 304 g/mol. The minimum Gasteiger partial charge on any atom is -0.480 e. The van der Waals surface area contributed by atoms with Gasteiger partial charge in [-0.3, -0.25) is 14.7 Å². The van der Waals surface area contributed by atoms with Gasteiger partial charge in [-0.25, -0.2) is 0 Å². The molecule has 1 atom stereocenters. The van der Waals surface area contributed by atoms with E-state index in [1.54, 1.807) is 24.2 Å². The van der Waals surface area contributed by atoms with Crippen LogP contribution in [0.5, 0.6) is 0 Å². The summed E-state index contributed by atoms with van der Waals surface area (Å²) in [6.07, 6.45) is 3.51. The van der Waals surface area contributed by atoms with Crippen LogP contribution in [0.25, 0.3) is 0 Å². The highest BCUT2D eigenvalue weighted by Crippen LogP contribution is 2.20. The second-order valence-electron chi connectivity index (χ2n) is 3.91. The van der Waals surface area contributed by atoms with Crippen molar-refractivity contribution in [3.63, 3.8) is 0 Å². The molecule has 0 bridgehead atoms. The Labute approximate surface area is 113 Å². The largest absolute Gasteiger partial charge is 0.480 e. The van der Waals surface area contributed by atoms with Crippen molar-refractivity contribution in [2.24, 2.45) is 0 Å². The third kappa shape index (κ3) is 3.43. The van der Waals surface area contributed by atoms with Crippen LogP contribution in [-0.2, 0) is 11.3 Å². The molecule has 0 aromatic carbocycles. The van der Waals surface area contributed by atoms with Gasteiger partial charge in [0, 0.05) is 41.5 Å². The quantitative estimate of drug-likeness (QED) is 0.922. The number of nitrogens with zero attached hydrogens (tertiary/aromatic N) is 2. The number of carboxylic acids is 1. The SMILES string of the molecule is O=C(O)C1CSCCN1Cc1cncc(Br)c1. The average molecular weight is 317 g/mol. The topological polar surface area (TPSA) is 53.4 Å². The molecule has 1 N–H and O–H groups in total. The molecule has 1 aliphatic heterocycles. The van der Waals surface area contributed by atoms with Crippen molar-refractivity contribution >= 4 is 33.7 Å². The molecular formula is C11H13BrN2O2S.